The zero-order chi connectivity index (χ0) is 15.1. The first kappa shape index (κ1) is 15.0. The van der Waals surface area contributed by atoms with E-state index in [1.807, 2.05) is 12.1 Å². The second-order valence-electron chi connectivity index (χ2n) is 5.22. The van der Waals surface area contributed by atoms with Gasteiger partial charge in [-0.1, -0.05) is 12.1 Å². The van der Waals surface area contributed by atoms with E-state index in [4.69, 9.17) is 5.26 Å². The van der Waals surface area contributed by atoms with Gasteiger partial charge in [0.25, 0.3) is 0 Å². The summed E-state index contributed by atoms with van der Waals surface area (Å²) in [7, 11) is 0. The summed E-state index contributed by atoms with van der Waals surface area (Å²) in [6, 6.07) is 8.85. The standard InChI is InChI=1S/C16H19N3O2/c17-11-13-6-4-12(5-7-13)8-9-15(20)19-14-3-1-2-10-18-16(14)21/h4-7,14H,1-3,8-10H2,(H,18,21)(H,19,20)/t14-/m1/s1. The van der Waals surface area contributed by atoms with E-state index in [2.05, 4.69) is 16.7 Å². The zero-order valence-electron chi connectivity index (χ0n) is 11.9. The predicted molar refractivity (Wildman–Crippen MR) is 78.3 cm³/mol. The number of carbonyl (C=O) groups excluding carboxylic acids is 2. The Labute approximate surface area is 124 Å². The van der Waals surface area contributed by atoms with Crippen molar-refractivity contribution < 1.29 is 9.59 Å². The van der Waals surface area contributed by atoms with Crippen molar-refractivity contribution in [3.8, 4) is 6.07 Å². The molecule has 0 aliphatic carbocycles. The molecule has 2 N–H and O–H groups in total. The summed E-state index contributed by atoms with van der Waals surface area (Å²) >= 11 is 0. The van der Waals surface area contributed by atoms with Crippen LogP contribution in [0.5, 0.6) is 0 Å². The Bertz CT molecular complexity index is 546. The van der Waals surface area contributed by atoms with Crippen LogP contribution in [0.2, 0.25) is 0 Å². The molecule has 0 unspecified atom stereocenters. The summed E-state index contributed by atoms with van der Waals surface area (Å²) in [5.41, 5.74) is 1.62. The van der Waals surface area contributed by atoms with Crippen LogP contribution in [0.25, 0.3) is 0 Å². The number of hydrogen-bond donors (Lipinski definition) is 2. The Kier molecular flexibility index (Phi) is 5.33. The number of nitrogens with one attached hydrogen (secondary N) is 2. The van der Waals surface area contributed by atoms with E-state index < -0.39 is 6.04 Å². The minimum absolute atomic E-state index is 0.0841. The van der Waals surface area contributed by atoms with E-state index in [0.29, 0.717) is 31.4 Å². The SMILES string of the molecule is N#Cc1ccc(CCC(=O)N[C@@H]2CCCCNC2=O)cc1. The molecule has 1 fully saturated rings. The van der Waals surface area contributed by atoms with Crippen molar-refractivity contribution in [1.29, 1.82) is 5.26 Å². The fraction of sp³-hybridized carbons (Fsp3) is 0.438. The highest BCUT2D eigenvalue weighted by Gasteiger charge is 2.21. The lowest BCUT2D eigenvalue weighted by Crippen LogP contribution is -2.45. The molecular weight excluding hydrogens is 266 g/mol. The van der Waals surface area contributed by atoms with Crippen LogP contribution in [0.15, 0.2) is 24.3 Å². The first-order valence-corrected chi connectivity index (χ1v) is 7.25. The molecular formula is C16H19N3O2. The van der Waals surface area contributed by atoms with Gasteiger partial charge in [0.05, 0.1) is 11.6 Å². The molecule has 1 aromatic carbocycles. The average Bonchev–Trinajstić information content (AvgIpc) is 2.71. The molecule has 2 rings (SSSR count). The number of nitrogens with zero attached hydrogens (tertiary/aromatic N) is 1. The molecule has 0 radical (unpaired) electrons. The number of rotatable bonds is 4. The Hall–Kier alpha value is -2.35. The monoisotopic (exact) mass is 285 g/mol. The van der Waals surface area contributed by atoms with Crippen LogP contribution in [0.3, 0.4) is 0 Å². The second-order valence-corrected chi connectivity index (χ2v) is 5.22. The summed E-state index contributed by atoms with van der Waals surface area (Å²) in [6.07, 6.45) is 3.55. The number of amides is 2. The maximum atomic E-state index is 11.9. The topological polar surface area (TPSA) is 82.0 Å². The van der Waals surface area contributed by atoms with Gasteiger partial charge in [0, 0.05) is 13.0 Å². The molecule has 0 spiro atoms. The van der Waals surface area contributed by atoms with Gasteiger partial charge < -0.3 is 10.6 Å². The molecule has 2 amide bonds. The summed E-state index contributed by atoms with van der Waals surface area (Å²) < 4.78 is 0. The van der Waals surface area contributed by atoms with Gasteiger partial charge in [-0.05, 0) is 43.4 Å². The van der Waals surface area contributed by atoms with Gasteiger partial charge in [-0.25, -0.2) is 0 Å². The van der Waals surface area contributed by atoms with Crippen LogP contribution in [0.1, 0.15) is 36.8 Å². The second kappa shape index (κ2) is 7.44. The van der Waals surface area contributed by atoms with Crippen molar-refractivity contribution in [3.05, 3.63) is 35.4 Å². The Morgan fingerprint density at radius 3 is 2.81 bits per heavy atom. The number of hydrogen-bond acceptors (Lipinski definition) is 3. The summed E-state index contributed by atoms with van der Waals surface area (Å²) in [5, 5.41) is 14.3. The summed E-state index contributed by atoms with van der Waals surface area (Å²) in [5.74, 6) is -0.194. The maximum absolute atomic E-state index is 11.9. The molecule has 1 saturated heterocycles. The van der Waals surface area contributed by atoms with Crippen LogP contribution in [0, 0.1) is 11.3 Å². The van der Waals surface area contributed by atoms with E-state index in [1.54, 1.807) is 12.1 Å². The van der Waals surface area contributed by atoms with Gasteiger partial charge in [-0.3, -0.25) is 9.59 Å². The summed E-state index contributed by atoms with van der Waals surface area (Å²) in [4.78, 5) is 23.7. The molecule has 1 atom stereocenters. The third-order valence-corrected chi connectivity index (χ3v) is 3.59. The molecule has 0 bridgehead atoms. The quantitative estimate of drug-likeness (QED) is 0.874. The Morgan fingerprint density at radius 2 is 2.10 bits per heavy atom. The van der Waals surface area contributed by atoms with Gasteiger partial charge in [-0.2, -0.15) is 5.26 Å². The lowest BCUT2D eigenvalue weighted by Gasteiger charge is -2.15. The highest BCUT2D eigenvalue weighted by atomic mass is 16.2. The molecule has 5 heteroatoms. The van der Waals surface area contributed by atoms with Crippen molar-refractivity contribution in [2.45, 2.75) is 38.1 Å². The summed E-state index contributed by atoms with van der Waals surface area (Å²) in [6.45, 7) is 0.691. The van der Waals surface area contributed by atoms with Crippen molar-refractivity contribution in [2.75, 3.05) is 6.54 Å². The van der Waals surface area contributed by atoms with Gasteiger partial charge in [0.2, 0.25) is 11.8 Å². The molecule has 1 heterocycles. The predicted octanol–water partition coefficient (Wildman–Crippen LogP) is 1.28. The van der Waals surface area contributed by atoms with Crippen LogP contribution < -0.4 is 10.6 Å². The lowest BCUT2D eigenvalue weighted by atomic mass is 10.1. The highest BCUT2D eigenvalue weighted by molar-refractivity contribution is 5.87. The Balaban J connectivity index is 1.81. The molecule has 0 aromatic heterocycles. The lowest BCUT2D eigenvalue weighted by molar-refractivity contribution is -0.128. The number of carbonyl (C=O) groups is 2. The van der Waals surface area contributed by atoms with E-state index in [9.17, 15) is 9.59 Å². The third kappa shape index (κ3) is 4.60. The largest absolute Gasteiger partial charge is 0.354 e. The zero-order valence-corrected chi connectivity index (χ0v) is 11.9. The number of nitriles is 1. The molecule has 1 aliphatic rings. The first-order valence-electron chi connectivity index (χ1n) is 7.25. The normalized spacial score (nSPS) is 18.2. The third-order valence-electron chi connectivity index (χ3n) is 3.59. The fourth-order valence-corrected chi connectivity index (χ4v) is 2.35. The van der Waals surface area contributed by atoms with Gasteiger partial charge >= 0.3 is 0 Å². The van der Waals surface area contributed by atoms with Crippen molar-refractivity contribution in [1.82, 2.24) is 10.6 Å². The number of benzene rings is 1. The van der Waals surface area contributed by atoms with E-state index in [0.717, 1.165) is 18.4 Å². The van der Waals surface area contributed by atoms with Crippen LogP contribution in [0.4, 0.5) is 0 Å². The fourth-order valence-electron chi connectivity index (χ4n) is 2.35. The molecule has 5 nitrogen and oxygen atoms in total. The van der Waals surface area contributed by atoms with Gasteiger partial charge in [-0.15, -0.1) is 0 Å². The van der Waals surface area contributed by atoms with Crippen molar-refractivity contribution in [3.63, 3.8) is 0 Å². The van der Waals surface area contributed by atoms with E-state index >= 15 is 0 Å². The molecule has 1 aliphatic heterocycles. The molecule has 0 saturated carbocycles. The Morgan fingerprint density at radius 1 is 1.33 bits per heavy atom. The van der Waals surface area contributed by atoms with Crippen LogP contribution in [-0.2, 0) is 16.0 Å². The molecule has 110 valence electrons. The van der Waals surface area contributed by atoms with Crippen molar-refractivity contribution in [2.24, 2.45) is 0 Å². The first-order chi connectivity index (χ1) is 10.2. The average molecular weight is 285 g/mol. The van der Waals surface area contributed by atoms with Crippen LogP contribution >= 0.6 is 0 Å². The molecule has 1 aromatic rings. The highest BCUT2D eigenvalue weighted by Crippen LogP contribution is 2.08. The van der Waals surface area contributed by atoms with Crippen molar-refractivity contribution >= 4 is 11.8 Å². The minimum Gasteiger partial charge on any atom is -0.354 e. The smallest absolute Gasteiger partial charge is 0.242 e. The van der Waals surface area contributed by atoms with E-state index in [-0.39, 0.29) is 11.8 Å². The maximum Gasteiger partial charge on any atom is 0.242 e. The van der Waals surface area contributed by atoms with Crippen LogP contribution in [-0.4, -0.2) is 24.4 Å². The number of aryl methyl sites for hydroxylation is 1. The van der Waals surface area contributed by atoms with E-state index in [1.165, 1.54) is 0 Å². The minimum atomic E-state index is -0.402. The van der Waals surface area contributed by atoms with Gasteiger partial charge in [0.15, 0.2) is 0 Å². The molecule has 21 heavy (non-hydrogen) atoms. The van der Waals surface area contributed by atoms with Gasteiger partial charge in [0.1, 0.15) is 6.04 Å².